The second-order valence-corrected chi connectivity index (χ2v) is 6.34. The van der Waals surface area contributed by atoms with Crippen molar-refractivity contribution < 1.29 is 4.74 Å². The summed E-state index contributed by atoms with van der Waals surface area (Å²) in [6.45, 7) is 3.35. The van der Waals surface area contributed by atoms with E-state index < -0.39 is 0 Å². The highest BCUT2D eigenvalue weighted by atomic mass is 16.5. The molecule has 4 heterocycles. The van der Waals surface area contributed by atoms with Crippen LogP contribution in [0.3, 0.4) is 0 Å². The van der Waals surface area contributed by atoms with Gasteiger partial charge in [0.2, 0.25) is 5.95 Å². The smallest absolute Gasteiger partial charge is 0.228 e. The van der Waals surface area contributed by atoms with Crippen molar-refractivity contribution in [2.24, 2.45) is 0 Å². The average molecular weight is 325 g/mol. The molecule has 0 aliphatic carbocycles. The van der Waals surface area contributed by atoms with Gasteiger partial charge in [0.15, 0.2) is 0 Å². The van der Waals surface area contributed by atoms with E-state index in [4.69, 9.17) is 9.72 Å². The van der Waals surface area contributed by atoms with Crippen molar-refractivity contribution in [2.75, 3.05) is 24.8 Å². The fourth-order valence-corrected chi connectivity index (χ4v) is 3.58. The lowest BCUT2D eigenvalue weighted by molar-refractivity contribution is 0.0570. The van der Waals surface area contributed by atoms with Crippen LogP contribution in [0.15, 0.2) is 36.9 Å². The zero-order valence-corrected chi connectivity index (χ0v) is 13.3. The van der Waals surface area contributed by atoms with Gasteiger partial charge in [0.25, 0.3) is 0 Å². The molecule has 0 amide bonds. The number of benzene rings is 1. The minimum Gasteiger partial charge on any atom is -0.377 e. The SMILES string of the molecule is c1ccc2c(c1)nc1n2CN(CC2CCCO2)CN1n1cnnc1. The maximum Gasteiger partial charge on any atom is 0.228 e. The first-order valence-electron chi connectivity index (χ1n) is 8.30. The van der Waals surface area contributed by atoms with Crippen LogP contribution in [0.4, 0.5) is 5.95 Å². The lowest BCUT2D eigenvalue weighted by Crippen LogP contribution is -2.49. The van der Waals surface area contributed by atoms with Crippen LogP contribution in [0, 0.1) is 0 Å². The lowest BCUT2D eigenvalue weighted by Gasteiger charge is -2.37. The summed E-state index contributed by atoms with van der Waals surface area (Å²) in [4.78, 5) is 7.20. The summed E-state index contributed by atoms with van der Waals surface area (Å²) < 4.78 is 9.95. The van der Waals surface area contributed by atoms with Gasteiger partial charge in [0.05, 0.1) is 30.5 Å². The van der Waals surface area contributed by atoms with Crippen LogP contribution in [0.2, 0.25) is 0 Å². The van der Waals surface area contributed by atoms with Gasteiger partial charge in [-0.2, -0.15) is 0 Å². The summed E-state index contributed by atoms with van der Waals surface area (Å²) in [5, 5.41) is 9.98. The fraction of sp³-hybridized carbons (Fsp3) is 0.438. The van der Waals surface area contributed by atoms with Crippen molar-refractivity contribution >= 4 is 17.0 Å². The maximum atomic E-state index is 5.82. The van der Waals surface area contributed by atoms with Crippen molar-refractivity contribution in [1.82, 2.24) is 29.3 Å². The maximum absolute atomic E-state index is 5.82. The molecular weight excluding hydrogens is 306 g/mol. The molecule has 0 N–H and O–H groups in total. The molecule has 1 aromatic carbocycles. The lowest BCUT2D eigenvalue weighted by atomic mass is 10.2. The molecule has 0 spiro atoms. The van der Waals surface area contributed by atoms with Crippen LogP contribution >= 0.6 is 0 Å². The molecule has 1 atom stereocenters. The number of para-hydroxylation sites is 2. The predicted octanol–water partition coefficient (Wildman–Crippen LogP) is 1.31. The number of nitrogens with zero attached hydrogens (tertiary/aromatic N) is 7. The number of ether oxygens (including phenoxy) is 1. The molecule has 8 nitrogen and oxygen atoms in total. The predicted molar refractivity (Wildman–Crippen MR) is 88.2 cm³/mol. The Labute approximate surface area is 139 Å². The molecule has 5 rings (SSSR count). The Kier molecular flexibility index (Phi) is 3.24. The highest BCUT2D eigenvalue weighted by Crippen LogP contribution is 2.28. The average Bonchev–Trinajstić information content (AvgIpc) is 3.35. The van der Waals surface area contributed by atoms with E-state index in [9.17, 15) is 0 Å². The molecule has 8 heteroatoms. The first-order chi connectivity index (χ1) is 11.9. The number of hydrogen-bond acceptors (Lipinski definition) is 6. The quantitative estimate of drug-likeness (QED) is 0.723. The highest BCUT2D eigenvalue weighted by Gasteiger charge is 2.29. The van der Waals surface area contributed by atoms with Crippen LogP contribution < -0.4 is 5.01 Å². The summed E-state index contributed by atoms with van der Waals surface area (Å²) in [5.41, 5.74) is 2.15. The van der Waals surface area contributed by atoms with Crippen LogP contribution in [-0.4, -0.2) is 55.2 Å². The number of hydrogen-bond donors (Lipinski definition) is 0. The molecule has 0 bridgehead atoms. The van der Waals surface area contributed by atoms with Gasteiger partial charge in [-0.05, 0) is 25.0 Å². The molecule has 1 fully saturated rings. The first kappa shape index (κ1) is 13.9. The third kappa shape index (κ3) is 2.26. The number of imidazole rings is 1. The van der Waals surface area contributed by atoms with E-state index in [-0.39, 0.29) is 0 Å². The third-order valence-corrected chi connectivity index (χ3v) is 4.71. The van der Waals surface area contributed by atoms with Gasteiger partial charge >= 0.3 is 0 Å². The second kappa shape index (κ2) is 5.57. The Morgan fingerprint density at radius 3 is 2.83 bits per heavy atom. The molecule has 3 aromatic rings. The molecule has 1 unspecified atom stereocenters. The van der Waals surface area contributed by atoms with Gasteiger partial charge in [-0.1, -0.05) is 12.1 Å². The highest BCUT2D eigenvalue weighted by molar-refractivity contribution is 5.78. The summed E-state index contributed by atoms with van der Waals surface area (Å²) in [7, 11) is 0. The van der Waals surface area contributed by atoms with E-state index in [2.05, 4.69) is 42.9 Å². The van der Waals surface area contributed by atoms with Gasteiger partial charge < -0.3 is 4.74 Å². The van der Waals surface area contributed by atoms with E-state index in [0.717, 1.165) is 56.3 Å². The molecule has 124 valence electrons. The molecule has 24 heavy (non-hydrogen) atoms. The molecule has 2 aliphatic rings. The van der Waals surface area contributed by atoms with Gasteiger partial charge in [-0.15, -0.1) is 10.2 Å². The summed E-state index contributed by atoms with van der Waals surface area (Å²) in [5.74, 6) is 0.916. The van der Waals surface area contributed by atoms with Crippen molar-refractivity contribution in [3.05, 3.63) is 36.9 Å². The minimum atomic E-state index is 0.323. The van der Waals surface area contributed by atoms with E-state index in [1.807, 2.05) is 10.7 Å². The molecule has 0 saturated carbocycles. The third-order valence-electron chi connectivity index (χ3n) is 4.71. The summed E-state index contributed by atoms with van der Waals surface area (Å²) >= 11 is 0. The van der Waals surface area contributed by atoms with Gasteiger partial charge in [0.1, 0.15) is 12.7 Å². The van der Waals surface area contributed by atoms with Gasteiger partial charge in [-0.3, -0.25) is 9.47 Å². The van der Waals surface area contributed by atoms with Gasteiger partial charge in [0, 0.05) is 13.2 Å². The molecule has 1 saturated heterocycles. The van der Waals surface area contributed by atoms with Crippen molar-refractivity contribution in [2.45, 2.75) is 25.6 Å². The standard InChI is InChI=1S/C16H19N7O/c1-2-6-15-14(5-1)19-16-22(15)11-20(8-13-4-3-7-24-13)12-23(16)21-9-17-18-10-21/h1-2,5-6,9-10,13H,3-4,7-8,11-12H2. The van der Waals surface area contributed by atoms with Crippen LogP contribution in [0.25, 0.3) is 11.0 Å². The summed E-state index contributed by atoms with van der Waals surface area (Å²) in [6.07, 6.45) is 6.04. The molecule has 0 radical (unpaired) electrons. The largest absolute Gasteiger partial charge is 0.377 e. The van der Waals surface area contributed by atoms with Crippen molar-refractivity contribution in [1.29, 1.82) is 0 Å². The summed E-state index contributed by atoms with van der Waals surface area (Å²) in [6, 6.07) is 8.25. The molecular formula is C16H19N7O. The number of aromatic nitrogens is 5. The van der Waals surface area contributed by atoms with E-state index >= 15 is 0 Å². The van der Waals surface area contributed by atoms with E-state index in [1.165, 1.54) is 0 Å². The van der Waals surface area contributed by atoms with Crippen molar-refractivity contribution in [3.8, 4) is 0 Å². The molecule has 2 aromatic heterocycles. The Hall–Kier alpha value is -2.45. The topological polar surface area (TPSA) is 64.2 Å². The van der Waals surface area contributed by atoms with Crippen LogP contribution in [0.1, 0.15) is 12.8 Å². The van der Waals surface area contributed by atoms with E-state index in [0.29, 0.717) is 6.10 Å². The monoisotopic (exact) mass is 325 g/mol. The van der Waals surface area contributed by atoms with Crippen molar-refractivity contribution in [3.63, 3.8) is 0 Å². The Morgan fingerprint density at radius 1 is 1.12 bits per heavy atom. The van der Waals surface area contributed by atoms with Crippen LogP contribution in [-0.2, 0) is 11.4 Å². The molecule has 2 aliphatic heterocycles. The fourth-order valence-electron chi connectivity index (χ4n) is 3.58. The van der Waals surface area contributed by atoms with Gasteiger partial charge in [-0.25, -0.2) is 14.7 Å². The van der Waals surface area contributed by atoms with Crippen LogP contribution in [0.5, 0.6) is 0 Å². The zero-order chi connectivity index (χ0) is 15.9. The Bertz CT molecular complexity index is 837. The Balaban J connectivity index is 1.55. The second-order valence-electron chi connectivity index (χ2n) is 6.34. The number of fused-ring (bicyclic) bond motifs is 3. The zero-order valence-electron chi connectivity index (χ0n) is 13.3. The number of anilines is 1. The minimum absolute atomic E-state index is 0.323. The first-order valence-corrected chi connectivity index (χ1v) is 8.30. The number of rotatable bonds is 3. The van der Waals surface area contributed by atoms with E-state index in [1.54, 1.807) is 12.7 Å². The Morgan fingerprint density at radius 2 is 2.00 bits per heavy atom. The normalized spacial score (nSPS) is 21.5.